The number of likely N-dealkylation sites (tertiary alicyclic amines) is 1. The third-order valence-corrected chi connectivity index (χ3v) is 4.64. The molecular weight excluding hydrogens is 307 g/mol. The Hall–Kier alpha value is -0.770. The Kier molecular flexibility index (Phi) is 6.34. The predicted octanol–water partition coefficient (Wildman–Crippen LogP) is 4.05. The second-order valence-corrected chi connectivity index (χ2v) is 6.35. The number of carbonyl (C=O) groups is 1. The molecule has 0 spiro atoms. The fourth-order valence-corrected chi connectivity index (χ4v) is 3.02. The number of carbonyl (C=O) groups excluding carboxylic acids is 1. The van der Waals surface area contributed by atoms with Gasteiger partial charge in [-0.25, -0.2) is 0 Å². The van der Waals surface area contributed by atoms with Gasteiger partial charge >= 0.3 is 0 Å². The van der Waals surface area contributed by atoms with Crippen LogP contribution in [0.5, 0.6) is 0 Å². The summed E-state index contributed by atoms with van der Waals surface area (Å²) < 4.78 is 0. The number of benzene rings is 1. The molecule has 0 aliphatic carbocycles. The van der Waals surface area contributed by atoms with E-state index in [1.165, 1.54) is 19.3 Å². The first kappa shape index (κ1) is 16.6. The van der Waals surface area contributed by atoms with E-state index < -0.39 is 0 Å². The van der Waals surface area contributed by atoms with Gasteiger partial charge in [0, 0.05) is 0 Å². The summed E-state index contributed by atoms with van der Waals surface area (Å²) in [6.07, 6.45) is 4.48. The zero-order valence-electron chi connectivity index (χ0n) is 12.4. The van der Waals surface area contributed by atoms with Gasteiger partial charge < -0.3 is 5.32 Å². The summed E-state index contributed by atoms with van der Waals surface area (Å²) in [7, 11) is 0. The Balaban J connectivity index is 1.94. The van der Waals surface area contributed by atoms with Crippen LogP contribution < -0.4 is 5.32 Å². The summed E-state index contributed by atoms with van der Waals surface area (Å²) in [6.45, 7) is 4.58. The lowest BCUT2D eigenvalue weighted by molar-refractivity contribution is -0.123. The fourth-order valence-electron chi connectivity index (χ4n) is 2.71. The third kappa shape index (κ3) is 4.87. The number of piperidine rings is 1. The molecule has 1 aliphatic rings. The topological polar surface area (TPSA) is 32.3 Å². The highest BCUT2D eigenvalue weighted by Crippen LogP contribution is 2.26. The minimum absolute atomic E-state index is 0.0166. The van der Waals surface area contributed by atoms with Crippen LogP contribution in [0.15, 0.2) is 18.2 Å². The largest absolute Gasteiger partial charge is 0.348 e. The lowest BCUT2D eigenvalue weighted by Crippen LogP contribution is -2.41. The zero-order valence-corrected chi connectivity index (χ0v) is 13.9. The molecule has 2 rings (SSSR count). The van der Waals surface area contributed by atoms with Gasteiger partial charge in [-0.05, 0) is 50.0 Å². The van der Waals surface area contributed by atoms with Gasteiger partial charge in [0.25, 0.3) is 0 Å². The van der Waals surface area contributed by atoms with Gasteiger partial charge in [0.2, 0.25) is 5.91 Å². The molecule has 3 nitrogen and oxygen atoms in total. The number of nitrogens with zero attached hydrogens (tertiary/aromatic N) is 1. The maximum atomic E-state index is 12.2. The minimum atomic E-state index is -0.0166. The summed E-state index contributed by atoms with van der Waals surface area (Å²) in [5.74, 6) is 0.0785. The Morgan fingerprint density at radius 3 is 2.57 bits per heavy atom. The van der Waals surface area contributed by atoms with Crippen molar-refractivity contribution >= 4 is 29.1 Å². The second kappa shape index (κ2) is 8.02. The van der Waals surface area contributed by atoms with Crippen molar-refractivity contribution in [3.05, 3.63) is 33.8 Å². The summed E-state index contributed by atoms with van der Waals surface area (Å²) in [5, 5.41) is 4.16. The van der Waals surface area contributed by atoms with Crippen LogP contribution in [0.25, 0.3) is 0 Å². The van der Waals surface area contributed by atoms with Crippen LogP contribution in [0.3, 0.4) is 0 Å². The Labute approximate surface area is 136 Å². The van der Waals surface area contributed by atoms with E-state index in [2.05, 4.69) is 10.2 Å². The van der Waals surface area contributed by atoms with Crippen molar-refractivity contribution < 1.29 is 4.79 Å². The molecule has 1 heterocycles. The van der Waals surface area contributed by atoms with Gasteiger partial charge in [0.15, 0.2) is 0 Å². The fraction of sp³-hybridized carbons (Fsp3) is 0.562. The molecule has 1 amide bonds. The van der Waals surface area contributed by atoms with Gasteiger partial charge in [-0.2, -0.15) is 0 Å². The summed E-state index contributed by atoms with van der Waals surface area (Å²) >= 11 is 12.0. The van der Waals surface area contributed by atoms with E-state index in [0.717, 1.165) is 25.1 Å². The molecule has 21 heavy (non-hydrogen) atoms. The highest BCUT2D eigenvalue weighted by atomic mass is 35.5. The number of hydrogen-bond donors (Lipinski definition) is 1. The molecule has 0 aromatic heterocycles. The zero-order chi connectivity index (χ0) is 15.2. The molecule has 1 aromatic rings. The van der Waals surface area contributed by atoms with Gasteiger partial charge in [-0.1, -0.05) is 42.6 Å². The molecule has 0 bridgehead atoms. The van der Waals surface area contributed by atoms with Crippen molar-refractivity contribution in [2.75, 3.05) is 19.6 Å². The number of hydrogen-bond acceptors (Lipinski definition) is 2. The Morgan fingerprint density at radius 2 is 1.95 bits per heavy atom. The van der Waals surface area contributed by atoms with Gasteiger partial charge in [0.1, 0.15) is 0 Å². The Bertz CT molecular complexity index is 487. The Morgan fingerprint density at radius 1 is 1.24 bits per heavy atom. The first-order chi connectivity index (χ1) is 10.1. The molecule has 0 radical (unpaired) electrons. The molecule has 1 N–H and O–H groups in total. The van der Waals surface area contributed by atoms with Crippen LogP contribution in [0, 0.1) is 0 Å². The number of nitrogens with one attached hydrogen (secondary N) is 1. The number of rotatable bonds is 5. The normalized spacial score (nSPS) is 17.5. The first-order valence-electron chi connectivity index (χ1n) is 7.57. The van der Waals surface area contributed by atoms with Crippen molar-refractivity contribution in [3.63, 3.8) is 0 Å². The summed E-state index contributed by atoms with van der Waals surface area (Å²) in [4.78, 5) is 14.4. The highest BCUT2D eigenvalue weighted by Gasteiger charge is 2.17. The lowest BCUT2D eigenvalue weighted by atomic mass is 10.0. The molecule has 116 valence electrons. The molecule has 5 heteroatoms. The number of amides is 1. The quantitative estimate of drug-likeness (QED) is 0.884. The van der Waals surface area contributed by atoms with Crippen molar-refractivity contribution in [2.24, 2.45) is 0 Å². The van der Waals surface area contributed by atoms with E-state index in [-0.39, 0.29) is 11.9 Å². The van der Waals surface area contributed by atoms with Crippen LogP contribution in [-0.4, -0.2) is 30.4 Å². The van der Waals surface area contributed by atoms with E-state index in [9.17, 15) is 4.79 Å². The van der Waals surface area contributed by atoms with Crippen LogP contribution in [0.2, 0.25) is 10.0 Å². The van der Waals surface area contributed by atoms with E-state index in [4.69, 9.17) is 23.2 Å². The summed E-state index contributed by atoms with van der Waals surface area (Å²) in [5.41, 5.74) is 0.999. The SMILES string of the molecule is CCC(NC(=O)CN1CCCCC1)c1ccc(Cl)c(Cl)c1. The maximum absolute atomic E-state index is 12.2. The maximum Gasteiger partial charge on any atom is 0.234 e. The van der Waals surface area contributed by atoms with Gasteiger partial charge in [-0.15, -0.1) is 0 Å². The average molecular weight is 329 g/mol. The van der Waals surface area contributed by atoms with E-state index in [0.29, 0.717) is 16.6 Å². The third-order valence-electron chi connectivity index (χ3n) is 3.91. The first-order valence-corrected chi connectivity index (χ1v) is 8.32. The van der Waals surface area contributed by atoms with Crippen molar-refractivity contribution in [2.45, 2.75) is 38.6 Å². The van der Waals surface area contributed by atoms with E-state index in [1.807, 2.05) is 19.1 Å². The van der Waals surface area contributed by atoms with Crippen LogP contribution in [0.1, 0.15) is 44.2 Å². The molecule has 1 fully saturated rings. The van der Waals surface area contributed by atoms with Crippen molar-refractivity contribution in [3.8, 4) is 0 Å². The number of halogens is 2. The smallest absolute Gasteiger partial charge is 0.234 e. The van der Waals surface area contributed by atoms with Crippen LogP contribution in [-0.2, 0) is 4.79 Å². The highest BCUT2D eigenvalue weighted by molar-refractivity contribution is 6.42. The minimum Gasteiger partial charge on any atom is -0.348 e. The average Bonchev–Trinajstić information content (AvgIpc) is 2.49. The standard InChI is InChI=1S/C16H22Cl2N2O/c1-2-15(12-6-7-13(17)14(18)10-12)19-16(21)11-20-8-4-3-5-9-20/h6-7,10,15H,2-5,8-9,11H2,1H3,(H,19,21). The second-order valence-electron chi connectivity index (χ2n) is 5.54. The van der Waals surface area contributed by atoms with Crippen molar-refractivity contribution in [1.29, 1.82) is 0 Å². The monoisotopic (exact) mass is 328 g/mol. The molecule has 1 aliphatic heterocycles. The van der Waals surface area contributed by atoms with Crippen LogP contribution in [0.4, 0.5) is 0 Å². The molecular formula is C16H22Cl2N2O. The summed E-state index contributed by atoms with van der Waals surface area (Å²) in [6, 6.07) is 5.51. The molecule has 1 aromatic carbocycles. The van der Waals surface area contributed by atoms with E-state index in [1.54, 1.807) is 6.07 Å². The predicted molar refractivity (Wildman–Crippen MR) is 87.9 cm³/mol. The molecule has 1 saturated heterocycles. The molecule has 1 unspecified atom stereocenters. The lowest BCUT2D eigenvalue weighted by Gasteiger charge is -2.27. The van der Waals surface area contributed by atoms with Crippen molar-refractivity contribution in [1.82, 2.24) is 10.2 Å². The molecule has 1 atom stereocenters. The van der Waals surface area contributed by atoms with Gasteiger partial charge in [0.05, 0.1) is 22.6 Å². The van der Waals surface area contributed by atoms with E-state index >= 15 is 0 Å². The van der Waals surface area contributed by atoms with Crippen LogP contribution >= 0.6 is 23.2 Å². The van der Waals surface area contributed by atoms with Gasteiger partial charge in [-0.3, -0.25) is 9.69 Å². The molecule has 0 saturated carbocycles.